The molecule has 0 bridgehead atoms. The second kappa shape index (κ2) is 15.7. The van der Waals surface area contributed by atoms with Gasteiger partial charge in [-0.25, -0.2) is 9.59 Å². The summed E-state index contributed by atoms with van der Waals surface area (Å²) in [6.07, 6.45) is 2.82. The summed E-state index contributed by atoms with van der Waals surface area (Å²) < 4.78 is 10.3. The molecule has 0 saturated carbocycles. The van der Waals surface area contributed by atoms with Crippen molar-refractivity contribution in [2.45, 2.75) is 71.7 Å². The second-order valence-corrected chi connectivity index (χ2v) is 10.7. The van der Waals surface area contributed by atoms with Gasteiger partial charge >= 0.3 is 12.1 Å². The van der Waals surface area contributed by atoms with E-state index in [1.165, 1.54) is 7.11 Å². The molecule has 9 heteroatoms. The third kappa shape index (κ3) is 12.9. The van der Waals surface area contributed by atoms with E-state index in [4.69, 9.17) is 9.47 Å². The number of methoxy groups -OCH3 is 1. The van der Waals surface area contributed by atoms with Gasteiger partial charge in [-0.15, -0.1) is 0 Å². The van der Waals surface area contributed by atoms with Crippen LogP contribution in [0.25, 0.3) is 0 Å². The van der Waals surface area contributed by atoms with Crippen molar-refractivity contribution >= 4 is 29.7 Å². The number of amides is 2. The monoisotopic (exact) mass is 509 g/mol. The van der Waals surface area contributed by atoms with Gasteiger partial charge in [0.15, 0.2) is 0 Å². The smallest absolute Gasteiger partial charge is 0.407 e. The lowest BCUT2D eigenvalue weighted by Crippen LogP contribution is -2.51. The minimum atomic E-state index is -0.691. The van der Waals surface area contributed by atoms with Gasteiger partial charge in [0.05, 0.1) is 13.7 Å². The van der Waals surface area contributed by atoms with Gasteiger partial charge in [-0.05, 0) is 50.7 Å². The molecule has 1 rings (SSSR count). The number of hydrogen-bond donors (Lipinski definition) is 2. The zero-order valence-corrected chi connectivity index (χ0v) is 23.1. The fourth-order valence-corrected chi connectivity index (χ4v) is 3.96. The molecular formula is C26H43N3O5S. The molecule has 0 aromatic heterocycles. The van der Waals surface area contributed by atoms with Gasteiger partial charge in [-0.2, -0.15) is 11.8 Å². The van der Waals surface area contributed by atoms with E-state index in [1.807, 2.05) is 62.3 Å². The van der Waals surface area contributed by atoms with Gasteiger partial charge < -0.3 is 20.1 Å². The van der Waals surface area contributed by atoms with E-state index in [1.54, 1.807) is 11.8 Å². The first-order valence-electron chi connectivity index (χ1n) is 12.1. The van der Waals surface area contributed by atoms with Crippen molar-refractivity contribution in [2.75, 3.05) is 32.2 Å². The summed E-state index contributed by atoms with van der Waals surface area (Å²) in [5, 5.41) is 5.82. The Bertz CT molecular complexity index is 785. The molecule has 0 aliphatic heterocycles. The number of alkyl carbamates (subject to hydrolysis) is 1. The number of nitrogens with zero attached hydrogens (tertiary/aromatic N) is 1. The number of nitrogens with one attached hydrogen (secondary N) is 2. The normalized spacial score (nSPS) is 14.1. The molecule has 0 aliphatic rings. The molecule has 0 spiro atoms. The number of hydrogen-bond acceptors (Lipinski definition) is 7. The molecule has 0 unspecified atom stereocenters. The molecule has 2 amide bonds. The highest BCUT2D eigenvalue weighted by Gasteiger charge is 2.27. The van der Waals surface area contributed by atoms with Crippen molar-refractivity contribution in [1.82, 2.24) is 15.5 Å². The van der Waals surface area contributed by atoms with E-state index < -0.39 is 23.7 Å². The van der Waals surface area contributed by atoms with E-state index in [0.717, 1.165) is 17.7 Å². The standard InChI is InChI=1S/C26H43N3O5S/c1-8-19(2)22(28-25(32)34-26(3,4)5)17-29(16-20-12-10-9-11-13-20)18-23(30)27-21(14-15-35-7)24(31)33-6/h9-13,19,21-22H,8,14-18H2,1-7H3,(H,27,30)(H,28,32)/t19-,21-,22+/m0/s1. The van der Waals surface area contributed by atoms with Crippen LogP contribution >= 0.6 is 11.8 Å². The zero-order valence-electron chi connectivity index (χ0n) is 22.3. The Morgan fingerprint density at radius 2 is 1.77 bits per heavy atom. The molecule has 198 valence electrons. The number of carbonyl (C=O) groups is 3. The van der Waals surface area contributed by atoms with Crippen LogP contribution in [-0.2, 0) is 25.6 Å². The number of carbonyl (C=O) groups excluding carboxylic acids is 3. The van der Waals surface area contributed by atoms with Crippen LogP contribution in [0.1, 0.15) is 53.0 Å². The Balaban J connectivity index is 3.02. The highest BCUT2D eigenvalue weighted by atomic mass is 32.2. The van der Waals surface area contributed by atoms with E-state index in [2.05, 4.69) is 24.5 Å². The van der Waals surface area contributed by atoms with Crippen molar-refractivity contribution < 1.29 is 23.9 Å². The molecule has 0 fully saturated rings. The summed E-state index contributed by atoms with van der Waals surface area (Å²) >= 11 is 1.60. The topological polar surface area (TPSA) is 97.0 Å². The van der Waals surface area contributed by atoms with E-state index >= 15 is 0 Å². The second-order valence-electron chi connectivity index (χ2n) is 9.72. The first kappa shape index (κ1) is 30.8. The summed E-state index contributed by atoms with van der Waals surface area (Å²) in [5.41, 5.74) is 0.445. The summed E-state index contributed by atoms with van der Waals surface area (Å²) in [7, 11) is 1.32. The number of thioether (sulfide) groups is 1. The minimum Gasteiger partial charge on any atom is -0.467 e. The van der Waals surface area contributed by atoms with Gasteiger partial charge in [0.25, 0.3) is 0 Å². The van der Waals surface area contributed by atoms with Crippen LogP contribution < -0.4 is 10.6 Å². The lowest BCUT2D eigenvalue weighted by Gasteiger charge is -2.32. The third-order valence-electron chi connectivity index (χ3n) is 5.54. The molecule has 3 atom stereocenters. The maximum atomic E-state index is 13.0. The van der Waals surface area contributed by atoms with Crippen LogP contribution in [-0.4, -0.2) is 72.8 Å². The lowest BCUT2D eigenvalue weighted by molar-refractivity contribution is -0.145. The number of benzene rings is 1. The van der Waals surface area contributed by atoms with Crippen LogP contribution in [0.2, 0.25) is 0 Å². The predicted molar refractivity (Wildman–Crippen MR) is 141 cm³/mol. The van der Waals surface area contributed by atoms with Crippen molar-refractivity contribution in [3.63, 3.8) is 0 Å². The Labute approximate surface area is 214 Å². The van der Waals surface area contributed by atoms with Gasteiger partial charge in [-0.3, -0.25) is 9.69 Å². The highest BCUT2D eigenvalue weighted by Crippen LogP contribution is 2.14. The van der Waals surface area contributed by atoms with Crippen LogP contribution in [0.4, 0.5) is 4.79 Å². The first-order valence-corrected chi connectivity index (χ1v) is 13.5. The average molecular weight is 510 g/mol. The van der Waals surface area contributed by atoms with Gasteiger partial charge in [0.1, 0.15) is 11.6 Å². The summed E-state index contributed by atoms with van der Waals surface area (Å²) in [6.45, 7) is 10.6. The number of ether oxygens (including phenoxy) is 2. The van der Waals surface area contributed by atoms with Crippen molar-refractivity contribution in [3.05, 3.63) is 35.9 Å². The fraction of sp³-hybridized carbons (Fsp3) is 0.654. The molecule has 0 heterocycles. The van der Waals surface area contributed by atoms with Crippen LogP contribution in [0, 0.1) is 5.92 Å². The van der Waals surface area contributed by atoms with Gasteiger partial charge in [-0.1, -0.05) is 50.6 Å². The third-order valence-corrected chi connectivity index (χ3v) is 6.18. The summed E-state index contributed by atoms with van der Waals surface area (Å²) in [4.78, 5) is 39.6. The Hall–Kier alpha value is -2.26. The Kier molecular flexibility index (Phi) is 13.8. The molecule has 0 radical (unpaired) electrons. The average Bonchev–Trinajstić information content (AvgIpc) is 2.79. The molecule has 1 aromatic rings. The fourth-order valence-electron chi connectivity index (χ4n) is 3.49. The van der Waals surface area contributed by atoms with Gasteiger partial charge in [0, 0.05) is 19.1 Å². The molecule has 0 saturated heterocycles. The quantitative estimate of drug-likeness (QED) is 0.368. The highest BCUT2D eigenvalue weighted by molar-refractivity contribution is 7.98. The Morgan fingerprint density at radius 3 is 2.31 bits per heavy atom. The maximum absolute atomic E-state index is 13.0. The first-order chi connectivity index (χ1) is 16.5. The van der Waals surface area contributed by atoms with Crippen LogP contribution in [0.15, 0.2) is 30.3 Å². The molecule has 8 nitrogen and oxygen atoms in total. The number of esters is 1. The molecule has 1 aromatic carbocycles. The number of rotatable bonds is 14. The lowest BCUT2D eigenvalue weighted by atomic mass is 9.98. The zero-order chi connectivity index (χ0) is 26.4. The predicted octanol–water partition coefficient (Wildman–Crippen LogP) is 3.84. The van der Waals surface area contributed by atoms with Crippen molar-refractivity contribution in [2.24, 2.45) is 5.92 Å². The molecule has 0 aliphatic carbocycles. The minimum absolute atomic E-state index is 0.0740. The van der Waals surface area contributed by atoms with Crippen LogP contribution in [0.3, 0.4) is 0 Å². The maximum Gasteiger partial charge on any atom is 0.407 e. The Morgan fingerprint density at radius 1 is 1.11 bits per heavy atom. The molecule has 2 N–H and O–H groups in total. The van der Waals surface area contributed by atoms with E-state index in [-0.39, 0.29) is 24.4 Å². The van der Waals surface area contributed by atoms with Crippen molar-refractivity contribution in [1.29, 1.82) is 0 Å². The largest absolute Gasteiger partial charge is 0.467 e. The summed E-state index contributed by atoms with van der Waals surface area (Å²) in [5.74, 6) is 0.167. The van der Waals surface area contributed by atoms with Crippen molar-refractivity contribution in [3.8, 4) is 0 Å². The molecule has 35 heavy (non-hydrogen) atoms. The van der Waals surface area contributed by atoms with Gasteiger partial charge in [0.2, 0.25) is 5.91 Å². The van der Waals surface area contributed by atoms with E-state index in [9.17, 15) is 14.4 Å². The van der Waals surface area contributed by atoms with E-state index in [0.29, 0.717) is 19.5 Å². The molecular weight excluding hydrogens is 466 g/mol. The summed E-state index contributed by atoms with van der Waals surface area (Å²) in [6, 6.07) is 8.94. The SMILES string of the molecule is CC[C@H](C)[C@@H](CN(CC(=O)N[C@@H](CCSC)C(=O)OC)Cc1ccccc1)NC(=O)OC(C)(C)C. The van der Waals surface area contributed by atoms with Crippen LogP contribution in [0.5, 0.6) is 0 Å².